The summed E-state index contributed by atoms with van der Waals surface area (Å²) in [6, 6.07) is 7.85. The second kappa shape index (κ2) is 6.16. The van der Waals surface area contributed by atoms with Crippen LogP contribution in [0.1, 0.15) is 11.1 Å². The van der Waals surface area contributed by atoms with Gasteiger partial charge in [0.25, 0.3) is 5.91 Å². The van der Waals surface area contributed by atoms with Crippen LogP contribution in [0.5, 0.6) is 5.75 Å². The normalized spacial score (nSPS) is 10.2. The Morgan fingerprint density at radius 3 is 2.65 bits per heavy atom. The van der Waals surface area contributed by atoms with Gasteiger partial charge in [-0.3, -0.25) is 15.2 Å². The molecule has 2 rings (SSSR count). The van der Waals surface area contributed by atoms with Gasteiger partial charge in [0.2, 0.25) is 0 Å². The molecule has 0 aliphatic rings. The summed E-state index contributed by atoms with van der Waals surface area (Å²) in [5.41, 5.74) is 6.09. The molecule has 0 spiro atoms. The lowest BCUT2D eigenvalue weighted by molar-refractivity contribution is -0.123. The molecule has 1 amide bonds. The van der Waals surface area contributed by atoms with Gasteiger partial charge in [-0.25, -0.2) is 5.84 Å². The Kier molecular flexibility index (Phi) is 4.32. The van der Waals surface area contributed by atoms with Gasteiger partial charge in [-0.2, -0.15) is 0 Å². The van der Waals surface area contributed by atoms with Gasteiger partial charge in [0, 0.05) is 18.0 Å². The predicted molar refractivity (Wildman–Crippen MR) is 77.0 cm³/mol. The van der Waals surface area contributed by atoms with Crippen molar-refractivity contribution in [2.75, 3.05) is 6.61 Å². The van der Waals surface area contributed by atoms with Gasteiger partial charge >= 0.3 is 0 Å². The molecule has 20 heavy (non-hydrogen) atoms. The number of hydrazine groups is 1. The van der Waals surface area contributed by atoms with Crippen LogP contribution >= 0.6 is 0 Å². The fourth-order valence-corrected chi connectivity index (χ4v) is 2.07. The topological polar surface area (TPSA) is 77.2 Å². The highest BCUT2D eigenvalue weighted by molar-refractivity contribution is 5.78. The Bertz CT molecular complexity index is 612. The van der Waals surface area contributed by atoms with Crippen molar-refractivity contribution in [1.29, 1.82) is 0 Å². The van der Waals surface area contributed by atoms with Crippen molar-refractivity contribution in [3.05, 3.63) is 47.8 Å². The highest BCUT2D eigenvalue weighted by atomic mass is 16.5. The molecule has 2 aromatic rings. The minimum atomic E-state index is -0.370. The number of nitrogens with two attached hydrogens (primary N) is 1. The summed E-state index contributed by atoms with van der Waals surface area (Å²) in [5.74, 6) is 5.38. The largest absolute Gasteiger partial charge is 0.483 e. The third-order valence-corrected chi connectivity index (χ3v) is 2.92. The molecule has 1 heterocycles. The number of aromatic nitrogens is 1. The standard InChI is InChI=1S/C15H17N3O2/c1-10-7-11(2)15(20-9-14(19)18-16)13(8-10)12-3-5-17-6-4-12/h3-8H,9,16H2,1-2H3,(H,18,19). The summed E-state index contributed by atoms with van der Waals surface area (Å²) in [5, 5.41) is 0. The van der Waals surface area contributed by atoms with E-state index in [1.807, 2.05) is 38.1 Å². The molecule has 104 valence electrons. The van der Waals surface area contributed by atoms with Crippen LogP contribution in [0.15, 0.2) is 36.7 Å². The van der Waals surface area contributed by atoms with Gasteiger partial charge in [0.05, 0.1) is 0 Å². The van der Waals surface area contributed by atoms with E-state index in [1.165, 1.54) is 0 Å². The first-order valence-corrected chi connectivity index (χ1v) is 6.25. The van der Waals surface area contributed by atoms with Crippen molar-refractivity contribution in [1.82, 2.24) is 10.4 Å². The van der Waals surface area contributed by atoms with Crippen LogP contribution in [0.2, 0.25) is 0 Å². The maximum atomic E-state index is 11.2. The highest BCUT2D eigenvalue weighted by Crippen LogP contribution is 2.33. The third kappa shape index (κ3) is 3.13. The third-order valence-electron chi connectivity index (χ3n) is 2.92. The summed E-state index contributed by atoms with van der Waals surface area (Å²) >= 11 is 0. The van der Waals surface area contributed by atoms with E-state index < -0.39 is 0 Å². The fraction of sp³-hybridized carbons (Fsp3) is 0.200. The number of aryl methyl sites for hydroxylation is 2. The number of carbonyl (C=O) groups excluding carboxylic acids is 1. The molecule has 0 unspecified atom stereocenters. The summed E-state index contributed by atoms with van der Waals surface area (Å²) in [4.78, 5) is 15.3. The van der Waals surface area contributed by atoms with Crippen LogP contribution in [0.25, 0.3) is 11.1 Å². The number of nitrogens with one attached hydrogen (secondary N) is 1. The van der Waals surface area contributed by atoms with E-state index in [0.717, 1.165) is 22.3 Å². The Balaban J connectivity index is 2.41. The SMILES string of the molecule is Cc1cc(C)c(OCC(=O)NN)c(-c2ccncc2)c1. The summed E-state index contributed by atoms with van der Waals surface area (Å²) in [6.45, 7) is 3.86. The van der Waals surface area contributed by atoms with E-state index in [4.69, 9.17) is 10.6 Å². The molecule has 5 heteroatoms. The lowest BCUT2D eigenvalue weighted by Crippen LogP contribution is -2.34. The first-order valence-electron chi connectivity index (χ1n) is 6.25. The summed E-state index contributed by atoms with van der Waals surface area (Å²) < 4.78 is 5.62. The van der Waals surface area contributed by atoms with E-state index in [9.17, 15) is 4.79 Å². The molecule has 1 aromatic heterocycles. The molecule has 0 radical (unpaired) electrons. The first-order chi connectivity index (χ1) is 9.61. The van der Waals surface area contributed by atoms with E-state index in [1.54, 1.807) is 12.4 Å². The molecule has 1 aromatic carbocycles. The van der Waals surface area contributed by atoms with Crippen LogP contribution in [0.3, 0.4) is 0 Å². The molecule has 0 aliphatic carbocycles. The smallest absolute Gasteiger partial charge is 0.271 e. The van der Waals surface area contributed by atoms with Gasteiger partial charge in [0.15, 0.2) is 6.61 Å². The lowest BCUT2D eigenvalue weighted by atomic mass is 10.00. The number of hydrogen-bond donors (Lipinski definition) is 2. The van der Waals surface area contributed by atoms with Gasteiger partial charge in [-0.05, 0) is 48.7 Å². The van der Waals surface area contributed by atoms with Crippen LogP contribution in [-0.4, -0.2) is 17.5 Å². The van der Waals surface area contributed by atoms with Crippen molar-refractivity contribution in [3.63, 3.8) is 0 Å². The average molecular weight is 271 g/mol. The molecule has 0 fully saturated rings. The Labute approximate surface area is 117 Å². The molecular formula is C15H17N3O2. The average Bonchev–Trinajstić information content (AvgIpc) is 2.46. The van der Waals surface area contributed by atoms with Crippen molar-refractivity contribution < 1.29 is 9.53 Å². The van der Waals surface area contributed by atoms with E-state index >= 15 is 0 Å². The van der Waals surface area contributed by atoms with Gasteiger partial charge < -0.3 is 4.74 Å². The van der Waals surface area contributed by atoms with Gasteiger partial charge in [0.1, 0.15) is 5.75 Å². The van der Waals surface area contributed by atoms with Crippen molar-refractivity contribution in [3.8, 4) is 16.9 Å². The molecular weight excluding hydrogens is 254 g/mol. The summed E-state index contributed by atoms with van der Waals surface area (Å²) in [7, 11) is 0. The molecule has 0 bridgehead atoms. The number of benzene rings is 1. The predicted octanol–water partition coefficient (Wildman–Crippen LogP) is 1.73. The van der Waals surface area contributed by atoms with Gasteiger partial charge in [-0.15, -0.1) is 0 Å². The molecule has 0 saturated heterocycles. The van der Waals surface area contributed by atoms with Crippen molar-refractivity contribution in [2.24, 2.45) is 5.84 Å². The number of amides is 1. The second-order valence-corrected chi connectivity index (χ2v) is 4.55. The van der Waals surface area contributed by atoms with Crippen molar-refractivity contribution in [2.45, 2.75) is 13.8 Å². The zero-order valence-corrected chi connectivity index (χ0v) is 11.5. The molecule has 0 aliphatic heterocycles. The quantitative estimate of drug-likeness (QED) is 0.504. The lowest BCUT2D eigenvalue weighted by Gasteiger charge is -2.15. The van der Waals surface area contributed by atoms with Crippen molar-refractivity contribution >= 4 is 5.91 Å². The first kappa shape index (κ1) is 14.0. The minimum absolute atomic E-state index is 0.113. The van der Waals surface area contributed by atoms with Crippen LogP contribution in [0.4, 0.5) is 0 Å². The Hall–Kier alpha value is -2.40. The number of rotatable bonds is 4. The Morgan fingerprint density at radius 1 is 1.30 bits per heavy atom. The zero-order valence-electron chi connectivity index (χ0n) is 11.5. The number of hydrogen-bond acceptors (Lipinski definition) is 4. The molecule has 5 nitrogen and oxygen atoms in total. The Morgan fingerprint density at radius 2 is 2.00 bits per heavy atom. The molecule has 3 N–H and O–H groups in total. The number of pyridine rings is 1. The maximum Gasteiger partial charge on any atom is 0.271 e. The second-order valence-electron chi connectivity index (χ2n) is 4.55. The van der Waals surface area contributed by atoms with E-state index in [-0.39, 0.29) is 12.5 Å². The van der Waals surface area contributed by atoms with E-state index in [0.29, 0.717) is 5.75 Å². The zero-order chi connectivity index (χ0) is 14.5. The van der Waals surface area contributed by atoms with Crippen LogP contribution in [0, 0.1) is 13.8 Å². The fourth-order valence-electron chi connectivity index (χ4n) is 2.07. The molecule has 0 atom stereocenters. The number of nitrogens with zero attached hydrogens (tertiary/aromatic N) is 1. The van der Waals surface area contributed by atoms with E-state index in [2.05, 4.69) is 10.4 Å². The maximum absolute atomic E-state index is 11.2. The van der Waals surface area contributed by atoms with Crippen LogP contribution < -0.4 is 16.0 Å². The summed E-state index contributed by atoms with van der Waals surface area (Å²) in [6.07, 6.45) is 3.45. The number of ether oxygens (including phenoxy) is 1. The highest BCUT2D eigenvalue weighted by Gasteiger charge is 2.12. The van der Waals surface area contributed by atoms with Gasteiger partial charge in [-0.1, -0.05) is 6.07 Å². The number of carbonyl (C=O) groups is 1. The van der Waals surface area contributed by atoms with Crippen LogP contribution in [-0.2, 0) is 4.79 Å². The molecule has 0 saturated carbocycles. The monoisotopic (exact) mass is 271 g/mol. The minimum Gasteiger partial charge on any atom is -0.483 e.